The normalized spacial score (nSPS) is 33.6. The van der Waals surface area contributed by atoms with Gasteiger partial charge >= 0.3 is 0 Å². The predicted molar refractivity (Wildman–Crippen MR) is 90.7 cm³/mol. The van der Waals surface area contributed by atoms with Crippen molar-refractivity contribution in [2.45, 2.75) is 102 Å². The molecule has 2 saturated heterocycles. The fourth-order valence-corrected chi connectivity index (χ4v) is 4.97. The Morgan fingerprint density at radius 3 is 2.41 bits per heavy atom. The van der Waals surface area contributed by atoms with Crippen LogP contribution in [0.25, 0.3) is 0 Å². The largest absolute Gasteiger partial charge is 0.354 e. The Morgan fingerprint density at radius 2 is 1.73 bits per heavy atom. The van der Waals surface area contributed by atoms with Crippen LogP contribution in [0.4, 0.5) is 0 Å². The van der Waals surface area contributed by atoms with Crippen LogP contribution in [-0.2, 0) is 4.79 Å². The quantitative estimate of drug-likeness (QED) is 0.784. The van der Waals surface area contributed by atoms with E-state index in [9.17, 15) is 4.79 Å². The number of carbonyl (C=O) groups excluding carboxylic acids is 1. The van der Waals surface area contributed by atoms with Crippen LogP contribution in [0.5, 0.6) is 0 Å². The van der Waals surface area contributed by atoms with Gasteiger partial charge in [0.1, 0.15) is 0 Å². The maximum atomic E-state index is 12.3. The molecule has 22 heavy (non-hydrogen) atoms. The van der Waals surface area contributed by atoms with E-state index in [1.54, 1.807) is 0 Å². The highest BCUT2D eigenvalue weighted by Gasteiger charge is 2.34. The molecule has 0 aromatic carbocycles. The monoisotopic (exact) mass is 306 g/mol. The van der Waals surface area contributed by atoms with Crippen molar-refractivity contribution < 1.29 is 4.79 Å². The minimum atomic E-state index is 0.294. The van der Waals surface area contributed by atoms with Crippen LogP contribution in [0.1, 0.15) is 84.0 Å². The Morgan fingerprint density at radius 1 is 1.05 bits per heavy atom. The lowest BCUT2D eigenvalue weighted by molar-refractivity contribution is -0.122. The molecule has 126 valence electrons. The van der Waals surface area contributed by atoms with Crippen molar-refractivity contribution in [1.29, 1.82) is 0 Å². The van der Waals surface area contributed by atoms with Crippen molar-refractivity contribution in [3.63, 3.8) is 0 Å². The zero-order valence-electron chi connectivity index (χ0n) is 14.3. The molecule has 0 aromatic heterocycles. The van der Waals surface area contributed by atoms with E-state index in [4.69, 9.17) is 0 Å². The van der Waals surface area contributed by atoms with Gasteiger partial charge in [-0.2, -0.15) is 0 Å². The molecule has 2 aliphatic heterocycles. The minimum Gasteiger partial charge on any atom is -0.354 e. The average molecular weight is 306 g/mol. The van der Waals surface area contributed by atoms with E-state index >= 15 is 0 Å². The van der Waals surface area contributed by atoms with E-state index in [-0.39, 0.29) is 0 Å². The number of piperidine rings is 1. The summed E-state index contributed by atoms with van der Waals surface area (Å²) in [6.07, 6.45) is 15.4. The lowest BCUT2D eigenvalue weighted by atomic mass is 9.85. The van der Waals surface area contributed by atoms with Gasteiger partial charge in [-0.3, -0.25) is 4.79 Å². The Kier molecular flexibility index (Phi) is 5.78. The minimum absolute atomic E-state index is 0.294. The van der Waals surface area contributed by atoms with E-state index in [0.29, 0.717) is 30.0 Å². The average Bonchev–Trinajstić information content (AvgIpc) is 2.85. The molecule has 3 fully saturated rings. The van der Waals surface area contributed by atoms with Gasteiger partial charge in [-0.15, -0.1) is 0 Å². The molecule has 2 heterocycles. The smallest absolute Gasteiger partial charge is 0.220 e. The summed E-state index contributed by atoms with van der Waals surface area (Å²) < 4.78 is 0. The summed E-state index contributed by atoms with van der Waals surface area (Å²) in [6.45, 7) is 2.19. The summed E-state index contributed by atoms with van der Waals surface area (Å²) in [5, 5.41) is 6.92. The fraction of sp³-hybridized carbons (Fsp3) is 0.947. The Hall–Kier alpha value is -0.570. The SMILES string of the molecule is CC(CCC1CCCCC1)NC(=O)CC1CC2CCC(C1)N2. The van der Waals surface area contributed by atoms with Crippen molar-refractivity contribution in [3.05, 3.63) is 0 Å². The molecule has 0 radical (unpaired) electrons. The van der Waals surface area contributed by atoms with Crippen molar-refractivity contribution in [1.82, 2.24) is 10.6 Å². The van der Waals surface area contributed by atoms with E-state index in [1.165, 1.54) is 64.2 Å². The molecular formula is C19H34N2O. The lowest BCUT2D eigenvalue weighted by Crippen LogP contribution is -2.40. The van der Waals surface area contributed by atoms with Crippen LogP contribution in [0.15, 0.2) is 0 Å². The van der Waals surface area contributed by atoms with Gasteiger partial charge in [0.2, 0.25) is 5.91 Å². The summed E-state index contributed by atoms with van der Waals surface area (Å²) in [5.74, 6) is 1.83. The number of rotatable bonds is 6. The van der Waals surface area contributed by atoms with E-state index < -0.39 is 0 Å². The topological polar surface area (TPSA) is 41.1 Å². The highest BCUT2D eigenvalue weighted by molar-refractivity contribution is 5.76. The van der Waals surface area contributed by atoms with Gasteiger partial charge in [-0.25, -0.2) is 0 Å². The summed E-state index contributed by atoms with van der Waals surface area (Å²) in [4.78, 5) is 12.3. The first-order valence-corrected chi connectivity index (χ1v) is 9.74. The number of amides is 1. The summed E-state index contributed by atoms with van der Waals surface area (Å²) >= 11 is 0. The number of carbonyl (C=O) groups is 1. The molecule has 3 heteroatoms. The zero-order valence-corrected chi connectivity index (χ0v) is 14.3. The number of hydrogen-bond donors (Lipinski definition) is 2. The van der Waals surface area contributed by atoms with Crippen LogP contribution >= 0.6 is 0 Å². The lowest BCUT2D eigenvalue weighted by Gasteiger charge is -2.29. The molecule has 0 aromatic rings. The second-order valence-corrected chi connectivity index (χ2v) is 8.23. The third-order valence-corrected chi connectivity index (χ3v) is 6.18. The summed E-state index contributed by atoms with van der Waals surface area (Å²) in [5.41, 5.74) is 0. The molecule has 2 bridgehead atoms. The van der Waals surface area contributed by atoms with Crippen molar-refractivity contribution in [2.75, 3.05) is 0 Å². The zero-order chi connectivity index (χ0) is 15.4. The summed E-state index contributed by atoms with van der Waals surface area (Å²) in [6, 6.07) is 1.74. The Labute approximate surface area is 136 Å². The standard InChI is InChI=1S/C19H34N2O/c1-14(7-8-15-5-3-2-4-6-15)20-19(22)13-16-11-17-9-10-18(12-16)21-17/h14-18,21H,2-13H2,1H3,(H,20,22). The number of hydrogen-bond acceptors (Lipinski definition) is 2. The third-order valence-electron chi connectivity index (χ3n) is 6.18. The molecule has 3 unspecified atom stereocenters. The van der Waals surface area contributed by atoms with Gasteiger partial charge in [0.05, 0.1) is 0 Å². The Bertz CT molecular complexity index is 352. The van der Waals surface area contributed by atoms with Crippen molar-refractivity contribution in [3.8, 4) is 0 Å². The van der Waals surface area contributed by atoms with Crippen LogP contribution in [-0.4, -0.2) is 24.0 Å². The van der Waals surface area contributed by atoms with Crippen molar-refractivity contribution >= 4 is 5.91 Å². The van der Waals surface area contributed by atoms with Crippen LogP contribution in [0.3, 0.4) is 0 Å². The highest BCUT2D eigenvalue weighted by atomic mass is 16.1. The van der Waals surface area contributed by atoms with Crippen LogP contribution in [0.2, 0.25) is 0 Å². The third kappa shape index (κ3) is 4.71. The number of nitrogens with one attached hydrogen (secondary N) is 2. The number of fused-ring (bicyclic) bond motifs is 2. The molecule has 1 saturated carbocycles. The van der Waals surface area contributed by atoms with Gasteiger partial charge < -0.3 is 10.6 Å². The summed E-state index contributed by atoms with van der Waals surface area (Å²) in [7, 11) is 0. The second kappa shape index (κ2) is 7.81. The fourth-order valence-electron chi connectivity index (χ4n) is 4.97. The van der Waals surface area contributed by atoms with Gasteiger partial charge in [-0.05, 0) is 57.3 Å². The molecule has 3 atom stereocenters. The second-order valence-electron chi connectivity index (χ2n) is 8.23. The van der Waals surface area contributed by atoms with Gasteiger partial charge in [0, 0.05) is 24.5 Å². The first-order chi connectivity index (χ1) is 10.7. The van der Waals surface area contributed by atoms with Gasteiger partial charge in [0.25, 0.3) is 0 Å². The van der Waals surface area contributed by atoms with E-state index in [0.717, 1.165) is 18.8 Å². The molecule has 3 aliphatic rings. The molecule has 1 aliphatic carbocycles. The van der Waals surface area contributed by atoms with Crippen molar-refractivity contribution in [2.24, 2.45) is 11.8 Å². The van der Waals surface area contributed by atoms with Crippen LogP contribution in [0, 0.1) is 11.8 Å². The molecule has 3 nitrogen and oxygen atoms in total. The molecule has 2 N–H and O–H groups in total. The van der Waals surface area contributed by atoms with Gasteiger partial charge in [-0.1, -0.05) is 32.1 Å². The maximum Gasteiger partial charge on any atom is 0.220 e. The maximum absolute atomic E-state index is 12.3. The first-order valence-electron chi connectivity index (χ1n) is 9.74. The van der Waals surface area contributed by atoms with E-state index in [2.05, 4.69) is 17.6 Å². The Balaban J connectivity index is 1.32. The van der Waals surface area contributed by atoms with Gasteiger partial charge in [0.15, 0.2) is 0 Å². The predicted octanol–water partition coefficient (Wildman–Crippen LogP) is 3.77. The van der Waals surface area contributed by atoms with E-state index in [1.807, 2.05) is 0 Å². The molecule has 3 rings (SSSR count). The molecular weight excluding hydrogens is 272 g/mol. The molecule has 1 amide bonds. The van der Waals surface area contributed by atoms with Crippen LogP contribution < -0.4 is 10.6 Å². The highest BCUT2D eigenvalue weighted by Crippen LogP contribution is 2.32. The first kappa shape index (κ1) is 16.3. The molecule has 0 spiro atoms.